The van der Waals surface area contributed by atoms with Crippen molar-refractivity contribution in [3.05, 3.63) is 57.6 Å². The lowest BCUT2D eigenvalue weighted by molar-refractivity contribution is -0.168. The molecule has 2 aromatic rings. The summed E-state index contributed by atoms with van der Waals surface area (Å²) in [4.78, 5) is 28.0. The maximum atomic E-state index is 14.3. The number of unbranched alkanes of at least 4 members (excludes halogenated alkanes) is 7. The summed E-state index contributed by atoms with van der Waals surface area (Å²) in [5.74, 6) is -0.0463. The largest absolute Gasteiger partial charge is 0.507 e. The van der Waals surface area contributed by atoms with E-state index in [9.17, 15) is 24.9 Å². The Kier molecular flexibility index (Phi) is 16.3. The van der Waals surface area contributed by atoms with Gasteiger partial charge in [-0.1, -0.05) is 159 Å². The number of carbonyl (C=O) groups is 2. The molecule has 0 fully saturated rings. The van der Waals surface area contributed by atoms with Gasteiger partial charge in [0.1, 0.15) is 18.1 Å². The van der Waals surface area contributed by atoms with Gasteiger partial charge in [0.05, 0.1) is 0 Å². The monoisotopic (exact) mass is 741 g/mol. The number of aromatic hydroxyl groups is 2. The topological polar surface area (TPSA) is 104 Å². The maximum absolute atomic E-state index is 14.3. The predicted octanol–water partition coefficient (Wildman–Crippen LogP) is 11.6. The summed E-state index contributed by atoms with van der Waals surface area (Å²) in [7, 11) is 0. The normalized spacial score (nSPS) is 13.0. The molecular weight excluding hydrogens is 669 g/mol. The standard InChI is InChI=1S/C45H72O6S/c1-14-15-16-17-18-19-20-21-23-52-24-22-51-40(50)45(39(48)49,29-31-25-33(41(2,3)4)37(46)34(26-31)42(5,6)7)30-32-27-35(43(8,9)10)38(47)36(28-32)44(11,12)13/h25-28,46-47H,14-24,29-30H2,1-13H3,(H,48,49). The highest BCUT2D eigenvalue weighted by Gasteiger charge is 2.49. The molecule has 294 valence electrons. The molecule has 0 atom stereocenters. The van der Waals surface area contributed by atoms with Crippen molar-refractivity contribution in [2.24, 2.45) is 5.41 Å². The van der Waals surface area contributed by atoms with E-state index in [4.69, 9.17) is 4.74 Å². The van der Waals surface area contributed by atoms with Crippen LogP contribution in [0.25, 0.3) is 0 Å². The number of carboxylic acids is 1. The van der Waals surface area contributed by atoms with E-state index >= 15 is 0 Å². The maximum Gasteiger partial charge on any atom is 0.324 e. The second-order valence-electron chi connectivity index (χ2n) is 19.0. The Morgan fingerprint density at radius 2 is 0.923 bits per heavy atom. The van der Waals surface area contributed by atoms with Crippen molar-refractivity contribution in [3.63, 3.8) is 0 Å². The van der Waals surface area contributed by atoms with Crippen LogP contribution < -0.4 is 0 Å². The number of thioether (sulfide) groups is 1. The van der Waals surface area contributed by atoms with Crippen LogP contribution in [-0.4, -0.2) is 45.4 Å². The zero-order valence-corrected chi connectivity index (χ0v) is 35.8. The van der Waals surface area contributed by atoms with Crippen LogP contribution in [0.15, 0.2) is 24.3 Å². The molecule has 0 radical (unpaired) electrons. The highest BCUT2D eigenvalue weighted by Crippen LogP contribution is 2.44. The number of ether oxygens (including phenoxy) is 1. The fourth-order valence-corrected chi connectivity index (χ4v) is 7.61. The van der Waals surface area contributed by atoms with E-state index in [-0.39, 0.29) is 30.9 Å². The Bertz CT molecular complexity index is 1330. The lowest BCUT2D eigenvalue weighted by Crippen LogP contribution is -2.45. The third kappa shape index (κ3) is 12.7. The number of phenolic OH excluding ortho intramolecular Hbond substituents is 2. The number of hydrogen-bond donors (Lipinski definition) is 3. The summed E-state index contributed by atoms with van der Waals surface area (Å²) < 4.78 is 5.89. The fraction of sp³-hybridized carbons (Fsp3) is 0.689. The van der Waals surface area contributed by atoms with Crippen LogP contribution in [0.4, 0.5) is 0 Å². The molecule has 7 heteroatoms. The van der Waals surface area contributed by atoms with Gasteiger partial charge in [0.25, 0.3) is 0 Å². The predicted molar refractivity (Wildman–Crippen MR) is 219 cm³/mol. The molecule has 52 heavy (non-hydrogen) atoms. The summed E-state index contributed by atoms with van der Waals surface area (Å²) in [6.45, 7) is 26.5. The number of benzene rings is 2. The zero-order chi connectivity index (χ0) is 39.7. The smallest absolute Gasteiger partial charge is 0.324 e. The molecule has 2 aromatic carbocycles. The number of esters is 1. The molecule has 0 unspecified atom stereocenters. The minimum absolute atomic E-state index is 0.115. The van der Waals surface area contributed by atoms with E-state index in [1.807, 2.05) is 107 Å². The van der Waals surface area contributed by atoms with E-state index in [2.05, 4.69) is 6.92 Å². The van der Waals surface area contributed by atoms with Gasteiger partial charge in [0, 0.05) is 5.75 Å². The number of rotatable bonds is 18. The SMILES string of the molecule is CCCCCCCCCCSCCOC(=O)C(Cc1cc(C(C)(C)C)c(O)c(C(C)(C)C)c1)(Cc1cc(C(C)(C)C)c(O)c(C(C)(C)C)c1)C(=O)O. The van der Waals surface area contributed by atoms with Gasteiger partial charge in [0.15, 0.2) is 5.41 Å². The highest BCUT2D eigenvalue weighted by atomic mass is 32.2. The van der Waals surface area contributed by atoms with Crippen molar-refractivity contribution in [2.75, 3.05) is 18.1 Å². The first kappa shape index (κ1) is 45.5. The molecule has 0 aliphatic carbocycles. The third-order valence-electron chi connectivity index (χ3n) is 9.99. The minimum atomic E-state index is -1.95. The summed E-state index contributed by atoms with van der Waals surface area (Å²) in [5.41, 5.74) is 0.443. The number of phenols is 2. The van der Waals surface area contributed by atoms with Crippen LogP contribution in [0.5, 0.6) is 11.5 Å². The van der Waals surface area contributed by atoms with Gasteiger partial charge in [-0.15, -0.1) is 0 Å². The van der Waals surface area contributed by atoms with Gasteiger partial charge < -0.3 is 20.1 Å². The van der Waals surface area contributed by atoms with E-state index in [0.29, 0.717) is 39.1 Å². The third-order valence-corrected chi connectivity index (χ3v) is 11.0. The number of aliphatic carboxylic acids is 1. The van der Waals surface area contributed by atoms with Gasteiger partial charge in [-0.25, -0.2) is 0 Å². The van der Waals surface area contributed by atoms with Crippen LogP contribution in [0, 0.1) is 5.41 Å². The first-order valence-electron chi connectivity index (χ1n) is 19.6. The van der Waals surface area contributed by atoms with Crippen LogP contribution in [0.1, 0.15) is 175 Å². The van der Waals surface area contributed by atoms with Crippen molar-refractivity contribution >= 4 is 23.7 Å². The number of hydrogen-bond acceptors (Lipinski definition) is 6. The molecule has 0 aliphatic heterocycles. The van der Waals surface area contributed by atoms with E-state index in [1.54, 1.807) is 11.8 Å². The molecule has 0 bridgehead atoms. The second-order valence-corrected chi connectivity index (χ2v) is 20.3. The van der Waals surface area contributed by atoms with Gasteiger partial charge in [0.2, 0.25) is 0 Å². The van der Waals surface area contributed by atoms with E-state index < -0.39 is 39.0 Å². The van der Waals surface area contributed by atoms with Crippen molar-refractivity contribution < 1.29 is 29.6 Å². The average molecular weight is 741 g/mol. The minimum Gasteiger partial charge on any atom is -0.507 e. The Morgan fingerprint density at radius 3 is 1.25 bits per heavy atom. The molecule has 0 aromatic heterocycles. The lowest BCUT2D eigenvalue weighted by atomic mass is 9.71. The van der Waals surface area contributed by atoms with Gasteiger partial charge in [-0.3, -0.25) is 9.59 Å². The molecule has 0 aliphatic rings. The fourth-order valence-electron chi connectivity index (χ4n) is 6.79. The van der Waals surface area contributed by atoms with E-state index in [1.165, 1.54) is 44.9 Å². The van der Waals surface area contributed by atoms with Crippen molar-refractivity contribution in [1.82, 2.24) is 0 Å². The van der Waals surface area contributed by atoms with Crippen LogP contribution in [0.2, 0.25) is 0 Å². The van der Waals surface area contributed by atoms with E-state index in [0.717, 1.165) is 12.2 Å². The molecular formula is C45H72O6S. The summed E-state index contributed by atoms with van der Waals surface area (Å²) >= 11 is 1.74. The Morgan fingerprint density at radius 1 is 0.577 bits per heavy atom. The van der Waals surface area contributed by atoms with Crippen molar-refractivity contribution in [3.8, 4) is 11.5 Å². The van der Waals surface area contributed by atoms with Crippen molar-refractivity contribution in [2.45, 2.75) is 176 Å². The summed E-state index contributed by atoms with van der Waals surface area (Å²) in [5, 5.41) is 34.0. The zero-order valence-electron chi connectivity index (χ0n) is 35.0. The molecule has 0 heterocycles. The van der Waals surface area contributed by atoms with Crippen LogP contribution >= 0.6 is 11.8 Å². The number of carboxylic acid groups (broad SMARTS) is 1. The molecule has 0 saturated carbocycles. The molecule has 0 saturated heterocycles. The Labute approximate surface area is 320 Å². The molecule has 0 spiro atoms. The first-order chi connectivity index (χ1) is 23.9. The van der Waals surface area contributed by atoms with Crippen LogP contribution in [0.3, 0.4) is 0 Å². The second kappa shape index (κ2) is 18.6. The molecule has 0 amide bonds. The quantitative estimate of drug-likeness (QED) is 0.0794. The average Bonchev–Trinajstić information content (AvgIpc) is 3.00. The highest BCUT2D eigenvalue weighted by molar-refractivity contribution is 7.99. The summed E-state index contributed by atoms with van der Waals surface area (Å²) in [6, 6.07) is 7.42. The van der Waals surface area contributed by atoms with Crippen LogP contribution in [-0.2, 0) is 48.8 Å². The molecule has 2 rings (SSSR count). The molecule has 6 nitrogen and oxygen atoms in total. The Hall–Kier alpha value is -2.67. The Balaban J connectivity index is 2.55. The van der Waals surface area contributed by atoms with Gasteiger partial charge >= 0.3 is 11.9 Å². The molecule has 3 N–H and O–H groups in total. The summed E-state index contributed by atoms with van der Waals surface area (Å²) in [6.07, 6.45) is 9.81. The van der Waals surface area contributed by atoms with Gasteiger partial charge in [-0.05, 0) is 80.1 Å². The number of carbonyl (C=O) groups excluding carboxylic acids is 1. The first-order valence-corrected chi connectivity index (χ1v) is 20.7. The van der Waals surface area contributed by atoms with Crippen molar-refractivity contribution in [1.29, 1.82) is 0 Å². The van der Waals surface area contributed by atoms with Gasteiger partial charge in [-0.2, -0.15) is 11.8 Å². The lowest BCUT2D eigenvalue weighted by Gasteiger charge is -2.32.